The third-order valence-electron chi connectivity index (χ3n) is 3.87. The zero-order valence-electron chi connectivity index (χ0n) is 14.1. The van der Waals surface area contributed by atoms with Gasteiger partial charge in [-0.1, -0.05) is 0 Å². The van der Waals surface area contributed by atoms with Crippen LogP contribution in [-0.2, 0) is 6.61 Å². The summed E-state index contributed by atoms with van der Waals surface area (Å²) >= 11 is 3.43. The van der Waals surface area contributed by atoms with Crippen LogP contribution in [0.2, 0.25) is 0 Å². The van der Waals surface area contributed by atoms with Gasteiger partial charge >= 0.3 is 5.63 Å². The van der Waals surface area contributed by atoms with Crippen molar-refractivity contribution in [2.75, 3.05) is 14.2 Å². The number of aryl methyl sites for hydroxylation is 1. The van der Waals surface area contributed by atoms with Crippen LogP contribution in [-0.4, -0.2) is 14.2 Å². The molecule has 0 unspecified atom stereocenters. The fourth-order valence-electron chi connectivity index (χ4n) is 2.59. The summed E-state index contributed by atoms with van der Waals surface area (Å²) in [4.78, 5) is 11.5. The van der Waals surface area contributed by atoms with Crippen LogP contribution in [0.4, 0.5) is 0 Å². The monoisotopic (exact) mass is 404 g/mol. The van der Waals surface area contributed by atoms with E-state index in [4.69, 9.17) is 18.6 Å². The number of halogens is 1. The van der Waals surface area contributed by atoms with Gasteiger partial charge in [-0.25, -0.2) is 4.79 Å². The molecule has 6 heteroatoms. The first-order chi connectivity index (χ1) is 12.0. The van der Waals surface area contributed by atoms with Crippen LogP contribution in [0.15, 0.2) is 50.1 Å². The summed E-state index contributed by atoms with van der Waals surface area (Å²) in [6.45, 7) is 2.16. The largest absolute Gasteiger partial charge is 0.496 e. The van der Waals surface area contributed by atoms with Crippen LogP contribution in [0, 0.1) is 6.92 Å². The van der Waals surface area contributed by atoms with E-state index in [-0.39, 0.29) is 12.2 Å². The van der Waals surface area contributed by atoms with E-state index in [9.17, 15) is 4.79 Å². The molecular weight excluding hydrogens is 388 g/mol. The smallest absolute Gasteiger partial charge is 0.336 e. The molecule has 0 bridgehead atoms. The van der Waals surface area contributed by atoms with Gasteiger partial charge < -0.3 is 18.6 Å². The maximum absolute atomic E-state index is 11.5. The van der Waals surface area contributed by atoms with Crippen molar-refractivity contribution < 1.29 is 18.6 Å². The van der Waals surface area contributed by atoms with Crippen LogP contribution < -0.4 is 19.8 Å². The molecule has 25 heavy (non-hydrogen) atoms. The summed E-state index contributed by atoms with van der Waals surface area (Å²) in [5.41, 5.74) is 1.84. The lowest BCUT2D eigenvalue weighted by atomic mass is 10.1. The van der Waals surface area contributed by atoms with E-state index in [1.54, 1.807) is 20.3 Å². The number of hydrogen-bond acceptors (Lipinski definition) is 5. The van der Waals surface area contributed by atoms with Crippen molar-refractivity contribution >= 4 is 26.9 Å². The molecule has 0 N–H and O–H groups in total. The minimum absolute atomic E-state index is 0.286. The molecule has 1 heterocycles. The van der Waals surface area contributed by atoms with Gasteiger partial charge in [0.1, 0.15) is 29.4 Å². The van der Waals surface area contributed by atoms with Crippen molar-refractivity contribution in [1.29, 1.82) is 0 Å². The van der Waals surface area contributed by atoms with Crippen molar-refractivity contribution in [3.05, 3.63) is 62.4 Å². The summed E-state index contributed by atoms with van der Waals surface area (Å²) < 4.78 is 22.6. The average Bonchev–Trinajstić information content (AvgIpc) is 2.59. The lowest BCUT2D eigenvalue weighted by Crippen LogP contribution is -2.01. The summed E-state index contributed by atoms with van der Waals surface area (Å²) in [5, 5.41) is 0.884. The molecule has 3 aromatic rings. The van der Waals surface area contributed by atoms with Gasteiger partial charge in [-0.2, -0.15) is 0 Å². The molecule has 130 valence electrons. The van der Waals surface area contributed by atoms with Crippen LogP contribution >= 0.6 is 15.9 Å². The molecule has 0 aliphatic rings. The van der Waals surface area contributed by atoms with E-state index in [0.29, 0.717) is 22.8 Å². The van der Waals surface area contributed by atoms with E-state index in [1.165, 1.54) is 6.07 Å². The summed E-state index contributed by atoms with van der Waals surface area (Å²) in [7, 11) is 3.20. The van der Waals surface area contributed by atoms with Crippen molar-refractivity contribution in [3.8, 4) is 17.2 Å². The molecule has 0 aliphatic heterocycles. The number of hydrogen-bond donors (Lipinski definition) is 0. The molecule has 0 fully saturated rings. The third-order valence-corrected chi connectivity index (χ3v) is 4.49. The van der Waals surface area contributed by atoms with Gasteiger partial charge in [0.25, 0.3) is 0 Å². The van der Waals surface area contributed by atoms with E-state index in [1.807, 2.05) is 31.2 Å². The normalized spacial score (nSPS) is 10.7. The number of fused-ring (bicyclic) bond motifs is 1. The Kier molecular flexibility index (Phi) is 4.99. The SMILES string of the molecule is COc1cc(COc2ccc3c(C)cc(=O)oc3c2)c(OC)cc1Br. The number of rotatable bonds is 5. The maximum atomic E-state index is 11.5. The Morgan fingerprint density at radius 1 is 1.04 bits per heavy atom. The number of ether oxygens (including phenoxy) is 3. The first kappa shape index (κ1) is 17.4. The molecule has 0 aliphatic carbocycles. The Labute approximate surface area is 153 Å². The molecule has 0 saturated heterocycles. The fraction of sp³-hybridized carbons (Fsp3) is 0.211. The standard InChI is InChI=1S/C19H17BrO5/c1-11-6-19(21)25-17-8-13(4-5-14(11)17)24-10-12-7-18(23-3)15(20)9-16(12)22-2/h4-9H,10H2,1-3H3. The van der Waals surface area contributed by atoms with Crippen LogP contribution in [0.3, 0.4) is 0 Å². The Morgan fingerprint density at radius 2 is 1.80 bits per heavy atom. The van der Waals surface area contributed by atoms with Gasteiger partial charge in [0.15, 0.2) is 0 Å². The Hall–Kier alpha value is -2.47. The highest BCUT2D eigenvalue weighted by Gasteiger charge is 2.11. The molecule has 5 nitrogen and oxygen atoms in total. The predicted molar refractivity (Wildman–Crippen MR) is 98.8 cm³/mol. The summed E-state index contributed by atoms with van der Waals surface area (Å²) in [6.07, 6.45) is 0. The van der Waals surface area contributed by atoms with Gasteiger partial charge in [0.2, 0.25) is 0 Å². The molecule has 0 saturated carbocycles. The lowest BCUT2D eigenvalue weighted by Gasteiger charge is -2.13. The second kappa shape index (κ2) is 7.19. The Morgan fingerprint density at radius 3 is 2.52 bits per heavy atom. The minimum Gasteiger partial charge on any atom is -0.496 e. The summed E-state index contributed by atoms with van der Waals surface area (Å²) in [5.74, 6) is 1.99. The van der Waals surface area contributed by atoms with Crippen molar-refractivity contribution in [1.82, 2.24) is 0 Å². The lowest BCUT2D eigenvalue weighted by molar-refractivity contribution is 0.295. The topological polar surface area (TPSA) is 57.9 Å². The van der Waals surface area contributed by atoms with Gasteiger partial charge in [-0.3, -0.25) is 0 Å². The van der Waals surface area contributed by atoms with Crippen LogP contribution in [0.5, 0.6) is 17.2 Å². The predicted octanol–water partition coefficient (Wildman–Crippen LogP) is 4.46. The highest BCUT2D eigenvalue weighted by molar-refractivity contribution is 9.10. The highest BCUT2D eigenvalue weighted by atomic mass is 79.9. The van der Waals surface area contributed by atoms with Gasteiger partial charge in [-0.15, -0.1) is 0 Å². The molecule has 0 amide bonds. The zero-order chi connectivity index (χ0) is 18.0. The number of benzene rings is 2. The second-order valence-corrected chi connectivity index (χ2v) is 6.35. The Balaban J connectivity index is 1.89. The number of methoxy groups -OCH3 is 2. The molecule has 0 radical (unpaired) electrons. The zero-order valence-corrected chi connectivity index (χ0v) is 15.7. The van der Waals surface area contributed by atoms with E-state index < -0.39 is 0 Å². The minimum atomic E-state index is -0.374. The molecule has 2 aromatic carbocycles. The summed E-state index contributed by atoms with van der Waals surface area (Å²) in [6, 6.07) is 10.6. The molecule has 3 rings (SSSR count). The van der Waals surface area contributed by atoms with E-state index in [2.05, 4.69) is 15.9 Å². The van der Waals surface area contributed by atoms with Gasteiger partial charge in [0, 0.05) is 23.1 Å². The first-order valence-electron chi connectivity index (χ1n) is 7.59. The van der Waals surface area contributed by atoms with Crippen LogP contribution in [0.1, 0.15) is 11.1 Å². The quantitative estimate of drug-likeness (QED) is 0.587. The molecular formula is C19H17BrO5. The Bertz CT molecular complexity index is 977. The van der Waals surface area contributed by atoms with Crippen LogP contribution in [0.25, 0.3) is 11.0 Å². The van der Waals surface area contributed by atoms with E-state index >= 15 is 0 Å². The molecule has 1 aromatic heterocycles. The first-order valence-corrected chi connectivity index (χ1v) is 8.39. The van der Waals surface area contributed by atoms with Crippen molar-refractivity contribution in [2.24, 2.45) is 0 Å². The van der Waals surface area contributed by atoms with Gasteiger partial charge in [-0.05, 0) is 52.7 Å². The fourth-order valence-corrected chi connectivity index (χ4v) is 3.08. The van der Waals surface area contributed by atoms with E-state index in [0.717, 1.165) is 21.0 Å². The second-order valence-electron chi connectivity index (χ2n) is 5.49. The molecule has 0 atom stereocenters. The van der Waals surface area contributed by atoms with Crippen molar-refractivity contribution in [2.45, 2.75) is 13.5 Å². The van der Waals surface area contributed by atoms with Crippen molar-refractivity contribution in [3.63, 3.8) is 0 Å². The third kappa shape index (κ3) is 3.64. The highest BCUT2D eigenvalue weighted by Crippen LogP contribution is 2.33. The average molecular weight is 405 g/mol. The molecule has 0 spiro atoms. The van der Waals surface area contributed by atoms with Gasteiger partial charge in [0.05, 0.1) is 18.7 Å². The maximum Gasteiger partial charge on any atom is 0.336 e.